The van der Waals surface area contributed by atoms with Gasteiger partial charge >= 0.3 is 0 Å². The molecule has 0 spiro atoms. The predicted molar refractivity (Wildman–Crippen MR) is 102 cm³/mol. The molecule has 5 nitrogen and oxygen atoms in total. The van der Waals surface area contributed by atoms with E-state index in [9.17, 15) is 9.90 Å². The van der Waals surface area contributed by atoms with Crippen molar-refractivity contribution in [2.45, 2.75) is 0 Å². The van der Waals surface area contributed by atoms with Crippen molar-refractivity contribution in [2.75, 3.05) is 5.32 Å². The van der Waals surface area contributed by atoms with Gasteiger partial charge in [-0.2, -0.15) is 5.11 Å². The van der Waals surface area contributed by atoms with Gasteiger partial charge in [0, 0.05) is 11.3 Å². The first kappa shape index (κ1) is 17.1. The van der Waals surface area contributed by atoms with Crippen LogP contribution in [0.25, 0.3) is 5.76 Å². The fraction of sp³-hybridized carbons (Fsp3) is 0. The molecule has 0 radical (unpaired) electrons. The van der Waals surface area contributed by atoms with Crippen molar-refractivity contribution in [1.29, 1.82) is 0 Å². The fourth-order valence-electron chi connectivity index (χ4n) is 2.25. The number of carbonyl (C=O) groups excluding carboxylic acids is 1. The predicted octanol–water partition coefficient (Wildman–Crippen LogP) is 5.34. The molecule has 0 unspecified atom stereocenters. The number of hydrogen-bond acceptors (Lipinski definition) is 4. The Kier molecular flexibility index (Phi) is 5.52. The maximum atomic E-state index is 12.7. The van der Waals surface area contributed by atoms with Gasteiger partial charge in [0.15, 0.2) is 11.5 Å². The highest BCUT2D eigenvalue weighted by atomic mass is 16.3. The third-order valence-electron chi connectivity index (χ3n) is 3.54. The van der Waals surface area contributed by atoms with Crippen molar-refractivity contribution in [3.05, 3.63) is 102 Å². The smallest absolute Gasteiger partial charge is 0.280 e. The third-order valence-corrected chi connectivity index (χ3v) is 3.54. The van der Waals surface area contributed by atoms with Gasteiger partial charge in [-0.05, 0) is 24.3 Å². The number of aliphatic hydroxyl groups is 1. The molecule has 0 saturated carbocycles. The first-order chi connectivity index (χ1) is 12.7. The summed E-state index contributed by atoms with van der Waals surface area (Å²) in [6, 6.07) is 26.7. The number of nitrogens with one attached hydrogen (secondary N) is 1. The lowest BCUT2D eigenvalue weighted by atomic mass is 10.1. The lowest BCUT2D eigenvalue weighted by molar-refractivity contribution is -0.112. The highest BCUT2D eigenvalue weighted by Gasteiger charge is 2.17. The van der Waals surface area contributed by atoms with Gasteiger partial charge in [-0.25, -0.2) is 0 Å². The maximum Gasteiger partial charge on any atom is 0.280 e. The summed E-state index contributed by atoms with van der Waals surface area (Å²) in [7, 11) is 0. The molecule has 1 amide bonds. The average molecular weight is 343 g/mol. The van der Waals surface area contributed by atoms with Crippen LogP contribution in [0.4, 0.5) is 11.4 Å². The Morgan fingerprint density at radius 2 is 1.31 bits per heavy atom. The highest BCUT2D eigenvalue weighted by molar-refractivity contribution is 6.07. The lowest BCUT2D eigenvalue weighted by Gasteiger charge is -2.08. The zero-order valence-corrected chi connectivity index (χ0v) is 13.9. The van der Waals surface area contributed by atoms with Gasteiger partial charge in [0.2, 0.25) is 0 Å². The van der Waals surface area contributed by atoms with Crippen LogP contribution in [0.5, 0.6) is 0 Å². The second-order valence-corrected chi connectivity index (χ2v) is 5.42. The molecule has 26 heavy (non-hydrogen) atoms. The molecule has 128 valence electrons. The number of benzene rings is 3. The Bertz CT molecular complexity index is 921. The molecule has 2 N–H and O–H groups in total. The van der Waals surface area contributed by atoms with Gasteiger partial charge in [0.25, 0.3) is 5.91 Å². The van der Waals surface area contributed by atoms with E-state index in [0.717, 1.165) is 0 Å². The average Bonchev–Trinajstić information content (AvgIpc) is 2.70. The van der Waals surface area contributed by atoms with Crippen molar-refractivity contribution < 1.29 is 9.90 Å². The van der Waals surface area contributed by atoms with Crippen LogP contribution in [-0.4, -0.2) is 11.0 Å². The number of para-hydroxylation sites is 1. The van der Waals surface area contributed by atoms with E-state index in [1.807, 2.05) is 42.5 Å². The molecular weight excluding hydrogens is 326 g/mol. The molecular formula is C21H17N3O2. The summed E-state index contributed by atoms with van der Waals surface area (Å²) in [6.07, 6.45) is 0. The lowest BCUT2D eigenvalue weighted by Crippen LogP contribution is -2.14. The summed E-state index contributed by atoms with van der Waals surface area (Å²) < 4.78 is 0. The SMILES string of the molecule is O=C(Nc1ccccc1)/C(N=Nc1ccccc1)=C(\O)c1ccccc1. The Morgan fingerprint density at radius 1 is 0.769 bits per heavy atom. The molecule has 0 saturated heterocycles. The molecule has 0 bridgehead atoms. The first-order valence-electron chi connectivity index (χ1n) is 8.06. The maximum absolute atomic E-state index is 12.7. The van der Waals surface area contributed by atoms with Crippen molar-refractivity contribution in [2.24, 2.45) is 10.2 Å². The van der Waals surface area contributed by atoms with Crippen LogP contribution in [0.2, 0.25) is 0 Å². The number of rotatable bonds is 5. The van der Waals surface area contributed by atoms with Gasteiger partial charge in [-0.15, -0.1) is 5.11 Å². The molecule has 0 heterocycles. The molecule has 0 aliphatic heterocycles. The minimum Gasteiger partial charge on any atom is -0.505 e. The molecule has 0 aliphatic carbocycles. The van der Waals surface area contributed by atoms with Gasteiger partial charge in [-0.1, -0.05) is 66.7 Å². The van der Waals surface area contributed by atoms with Crippen LogP contribution in [0, 0.1) is 0 Å². The van der Waals surface area contributed by atoms with E-state index in [-0.39, 0.29) is 11.5 Å². The van der Waals surface area contributed by atoms with Crippen LogP contribution in [0.3, 0.4) is 0 Å². The second-order valence-electron chi connectivity index (χ2n) is 5.42. The van der Waals surface area contributed by atoms with Gasteiger partial charge < -0.3 is 10.4 Å². The standard InChI is InChI=1S/C21H17N3O2/c25-20(16-10-4-1-5-11-16)19(24-23-18-14-8-3-9-15-18)21(26)22-17-12-6-2-7-13-17/h1-15,25H,(H,22,26)/b20-19+,24-23?. The summed E-state index contributed by atoms with van der Waals surface area (Å²) in [5.41, 5.74) is 1.51. The van der Waals surface area contributed by atoms with Crippen LogP contribution in [0.15, 0.2) is 107 Å². The van der Waals surface area contributed by atoms with Gasteiger partial charge in [-0.3, -0.25) is 4.79 Å². The third kappa shape index (κ3) is 4.42. The van der Waals surface area contributed by atoms with E-state index in [1.165, 1.54) is 0 Å². The number of aliphatic hydroxyl groups excluding tert-OH is 1. The van der Waals surface area contributed by atoms with Crippen molar-refractivity contribution in [3.8, 4) is 0 Å². The van der Waals surface area contributed by atoms with Gasteiger partial charge in [0.05, 0.1) is 5.69 Å². The van der Waals surface area contributed by atoms with E-state index in [1.54, 1.807) is 48.5 Å². The molecule has 0 atom stereocenters. The molecule has 3 aromatic carbocycles. The minimum absolute atomic E-state index is 0.163. The Morgan fingerprint density at radius 3 is 1.92 bits per heavy atom. The number of anilines is 1. The quantitative estimate of drug-likeness (QED) is 0.373. The van der Waals surface area contributed by atoms with Crippen LogP contribution in [-0.2, 0) is 4.79 Å². The zero-order chi connectivity index (χ0) is 18.2. The summed E-state index contributed by atoms with van der Waals surface area (Å²) in [5.74, 6) is -0.782. The summed E-state index contributed by atoms with van der Waals surface area (Å²) in [5, 5.41) is 21.4. The Labute approximate surface area is 151 Å². The fourth-order valence-corrected chi connectivity index (χ4v) is 2.25. The van der Waals surface area contributed by atoms with Crippen LogP contribution < -0.4 is 5.32 Å². The largest absolute Gasteiger partial charge is 0.505 e. The van der Waals surface area contributed by atoms with Crippen molar-refractivity contribution in [1.82, 2.24) is 0 Å². The molecule has 0 aromatic heterocycles. The summed E-state index contributed by atoms with van der Waals surface area (Å²) in [6.45, 7) is 0. The molecule has 0 aliphatic rings. The van der Waals surface area contributed by atoms with E-state index >= 15 is 0 Å². The minimum atomic E-state index is -0.544. The number of nitrogens with zero attached hydrogens (tertiary/aromatic N) is 2. The summed E-state index contributed by atoms with van der Waals surface area (Å²) in [4.78, 5) is 12.7. The number of carbonyl (C=O) groups is 1. The number of hydrogen-bond donors (Lipinski definition) is 2. The van der Waals surface area contributed by atoms with Crippen molar-refractivity contribution in [3.63, 3.8) is 0 Å². The molecule has 3 rings (SSSR count). The van der Waals surface area contributed by atoms with E-state index in [0.29, 0.717) is 16.9 Å². The monoisotopic (exact) mass is 343 g/mol. The number of azo groups is 1. The number of amides is 1. The van der Waals surface area contributed by atoms with Crippen molar-refractivity contribution >= 4 is 23.0 Å². The Balaban J connectivity index is 1.96. The highest BCUT2D eigenvalue weighted by Crippen LogP contribution is 2.21. The molecule has 3 aromatic rings. The van der Waals surface area contributed by atoms with Crippen LogP contribution in [0.1, 0.15) is 5.56 Å². The second kappa shape index (κ2) is 8.39. The zero-order valence-electron chi connectivity index (χ0n) is 13.9. The Hall–Kier alpha value is -3.73. The van der Waals surface area contributed by atoms with E-state index in [4.69, 9.17) is 0 Å². The van der Waals surface area contributed by atoms with Crippen LogP contribution >= 0.6 is 0 Å². The van der Waals surface area contributed by atoms with Gasteiger partial charge in [0.1, 0.15) is 0 Å². The van der Waals surface area contributed by atoms with E-state index < -0.39 is 5.91 Å². The molecule has 5 heteroatoms. The van der Waals surface area contributed by atoms with E-state index in [2.05, 4.69) is 15.5 Å². The molecule has 0 fully saturated rings. The first-order valence-corrected chi connectivity index (χ1v) is 8.06. The topological polar surface area (TPSA) is 74.0 Å². The normalized spacial score (nSPS) is 11.8. The summed E-state index contributed by atoms with van der Waals surface area (Å²) >= 11 is 0.